The smallest absolute Gasteiger partial charge is 0.271 e. The molecule has 2 N–H and O–H groups in total. The largest absolute Gasteiger partial charge is 0.391 e. The molecule has 2 fully saturated rings. The molecule has 0 bridgehead atoms. The number of aliphatic hydroxyl groups excluding tert-OH is 1. The first-order valence-corrected chi connectivity index (χ1v) is 10.3. The average Bonchev–Trinajstić information content (AvgIpc) is 3.38. The number of hydrogen-bond acceptors (Lipinski definition) is 5. The predicted octanol–water partition coefficient (Wildman–Crippen LogP) is 3.29. The van der Waals surface area contributed by atoms with E-state index < -0.39 is 6.10 Å². The zero-order chi connectivity index (χ0) is 19.7. The van der Waals surface area contributed by atoms with Crippen molar-refractivity contribution >= 4 is 23.3 Å². The number of halogens is 1. The van der Waals surface area contributed by atoms with Gasteiger partial charge >= 0.3 is 0 Å². The van der Waals surface area contributed by atoms with E-state index in [2.05, 4.69) is 20.2 Å². The molecule has 1 aromatic carbocycles. The molecule has 7 heteroatoms. The van der Waals surface area contributed by atoms with Crippen molar-refractivity contribution in [3.8, 4) is 11.3 Å². The number of aliphatic hydroxyl groups is 1. The third kappa shape index (κ3) is 4.13. The molecule has 1 amide bonds. The number of anilines is 1. The lowest BCUT2D eigenvalue weighted by atomic mass is 10.1. The van der Waals surface area contributed by atoms with Crippen molar-refractivity contribution in [3.05, 3.63) is 41.2 Å². The van der Waals surface area contributed by atoms with Crippen LogP contribution in [0, 0.1) is 5.92 Å². The zero-order valence-electron chi connectivity index (χ0n) is 15.9. The highest BCUT2D eigenvalue weighted by atomic mass is 35.5. The summed E-state index contributed by atoms with van der Waals surface area (Å²) >= 11 is 6.04. The summed E-state index contributed by atoms with van der Waals surface area (Å²) in [5.41, 5.74) is 1.83. The molecule has 2 aromatic rings. The maximum atomic E-state index is 12.8. The van der Waals surface area contributed by atoms with E-state index in [9.17, 15) is 9.90 Å². The second-order valence-corrected chi connectivity index (χ2v) is 8.14. The van der Waals surface area contributed by atoms with Gasteiger partial charge in [0.05, 0.1) is 18.3 Å². The number of aromatic nitrogens is 2. The van der Waals surface area contributed by atoms with Crippen molar-refractivity contribution in [2.24, 2.45) is 5.92 Å². The number of carbonyl (C=O) groups excluding carboxylic acids is 1. The number of carbonyl (C=O) groups is 1. The third-order valence-corrected chi connectivity index (χ3v) is 5.71. The summed E-state index contributed by atoms with van der Waals surface area (Å²) in [7, 11) is 0. The first-order chi connectivity index (χ1) is 13.5. The molecule has 2 aliphatic rings. The number of amides is 1. The standard InChI is InChI=1S/C21H25ClN4O2/c1-13(27)18(14-4-5-14)25-21(28)17-12-23-20(26-10-2-3-11-26)19(24-17)15-6-8-16(22)9-7-15/h6-9,12-14,18,27H,2-5,10-11H2,1H3,(H,25,28)/t13?,18-/m0/s1. The van der Waals surface area contributed by atoms with Crippen molar-refractivity contribution in [1.82, 2.24) is 15.3 Å². The number of hydrogen-bond donors (Lipinski definition) is 2. The monoisotopic (exact) mass is 400 g/mol. The molecule has 6 nitrogen and oxygen atoms in total. The fourth-order valence-corrected chi connectivity index (χ4v) is 3.89. The summed E-state index contributed by atoms with van der Waals surface area (Å²) in [6.45, 7) is 3.59. The number of benzene rings is 1. The minimum absolute atomic E-state index is 0.244. The molecule has 2 heterocycles. The van der Waals surface area contributed by atoms with Gasteiger partial charge in [-0.05, 0) is 50.7 Å². The summed E-state index contributed by atoms with van der Waals surface area (Å²) in [6.07, 6.45) is 5.26. The van der Waals surface area contributed by atoms with Crippen molar-refractivity contribution in [2.45, 2.75) is 44.8 Å². The molecule has 0 radical (unpaired) electrons. The minimum Gasteiger partial charge on any atom is -0.391 e. The average molecular weight is 401 g/mol. The Morgan fingerprint density at radius 1 is 1.25 bits per heavy atom. The topological polar surface area (TPSA) is 78.3 Å². The van der Waals surface area contributed by atoms with Crippen LogP contribution in [0.1, 0.15) is 43.1 Å². The first-order valence-electron chi connectivity index (χ1n) is 9.90. The van der Waals surface area contributed by atoms with Gasteiger partial charge in [-0.3, -0.25) is 4.79 Å². The molecule has 1 unspecified atom stereocenters. The van der Waals surface area contributed by atoms with Gasteiger partial charge in [0.1, 0.15) is 11.4 Å². The Morgan fingerprint density at radius 3 is 2.54 bits per heavy atom. The Bertz CT molecular complexity index is 844. The SMILES string of the molecule is CC(O)[C@H](NC(=O)c1cnc(N2CCCC2)c(-c2ccc(Cl)cc2)n1)C1CC1. The summed E-state index contributed by atoms with van der Waals surface area (Å²) < 4.78 is 0. The van der Waals surface area contributed by atoms with Gasteiger partial charge in [0, 0.05) is 23.7 Å². The molecule has 1 saturated carbocycles. The van der Waals surface area contributed by atoms with Gasteiger partial charge in [-0.1, -0.05) is 23.7 Å². The molecular weight excluding hydrogens is 376 g/mol. The van der Waals surface area contributed by atoms with Gasteiger partial charge in [0.15, 0.2) is 5.82 Å². The van der Waals surface area contributed by atoms with Crippen LogP contribution in [0.3, 0.4) is 0 Å². The quantitative estimate of drug-likeness (QED) is 0.777. The second kappa shape index (κ2) is 8.05. The van der Waals surface area contributed by atoms with Crippen LogP contribution in [0.2, 0.25) is 5.02 Å². The van der Waals surface area contributed by atoms with E-state index in [1.807, 2.05) is 24.3 Å². The van der Waals surface area contributed by atoms with Crippen LogP contribution in [0.25, 0.3) is 11.3 Å². The molecule has 0 spiro atoms. The van der Waals surface area contributed by atoms with E-state index in [4.69, 9.17) is 11.6 Å². The van der Waals surface area contributed by atoms with Gasteiger partial charge in [0.2, 0.25) is 0 Å². The third-order valence-electron chi connectivity index (χ3n) is 5.46. The Labute approximate surface area is 169 Å². The molecule has 1 aliphatic carbocycles. The van der Waals surface area contributed by atoms with Crippen LogP contribution in [-0.2, 0) is 0 Å². The van der Waals surface area contributed by atoms with Crippen molar-refractivity contribution < 1.29 is 9.90 Å². The van der Waals surface area contributed by atoms with Crippen LogP contribution in [-0.4, -0.2) is 46.2 Å². The Kier molecular flexibility index (Phi) is 5.51. The maximum Gasteiger partial charge on any atom is 0.271 e. The lowest BCUT2D eigenvalue weighted by Crippen LogP contribution is -2.44. The van der Waals surface area contributed by atoms with Gasteiger partial charge in [0.25, 0.3) is 5.91 Å². The highest BCUT2D eigenvalue weighted by molar-refractivity contribution is 6.30. The minimum atomic E-state index is -0.594. The maximum absolute atomic E-state index is 12.8. The highest BCUT2D eigenvalue weighted by Gasteiger charge is 2.35. The fourth-order valence-electron chi connectivity index (χ4n) is 3.77. The normalized spacial score (nSPS) is 18.8. The fraction of sp³-hybridized carbons (Fsp3) is 0.476. The van der Waals surface area contributed by atoms with Crippen molar-refractivity contribution in [2.75, 3.05) is 18.0 Å². The van der Waals surface area contributed by atoms with E-state index in [0.717, 1.165) is 50.2 Å². The van der Waals surface area contributed by atoms with Crippen LogP contribution in [0.5, 0.6) is 0 Å². The lowest BCUT2D eigenvalue weighted by molar-refractivity contribution is 0.0831. The van der Waals surface area contributed by atoms with Gasteiger partial charge < -0.3 is 15.3 Å². The molecule has 4 rings (SSSR count). The highest BCUT2D eigenvalue weighted by Crippen LogP contribution is 2.34. The van der Waals surface area contributed by atoms with Crippen LogP contribution >= 0.6 is 11.6 Å². The zero-order valence-corrected chi connectivity index (χ0v) is 16.7. The van der Waals surface area contributed by atoms with E-state index >= 15 is 0 Å². The molecule has 1 saturated heterocycles. The van der Waals surface area contributed by atoms with Crippen molar-refractivity contribution in [3.63, 3.8) is 0 Å². The number of rotatable bonds is 6. The number of nitrogens with one attached hydrogen (secondary N) is 1. The van der Waals surface area contributed by atoms with Crippen LogP contribution in [0.4, 0.5) is 5.82 Å². The predicted molar refractivity (Wildman–Crippen MR) is 110 cm³/mol. The second-order valence-electron chi connectivity index (χ2n) is 7.71. The summed E-state index contributed by atoms with van der Waals surface area (Å²) in [5.74, 6) is 0.843. The Morgan fingerprint density at radius 2 is 1.93 bits per heavy atom. The summed E-state index contributed by atoms with van der Waals surface area (Å²) in [4.78, 5) is 24.3. The van der Waals surface area contributed by atoms with Crippen molar-refractivity contribution in [1.29, 1.82) is 0 Å². The van der Waals surface area contributed by atoms with Gasteiger partial charge in [-0.2, -0.15) is 0 Å². The molecule has 1 aliphatic heterocycles. The summed E-state index contributed by atoms with van der Waals surface area (Å²) in [5, 5.41) is 13.6. The van der Waals surface area contributed by atoms with Crippen LogP contribution < -0.4 is 10.2 Å². The molecule has 2 atom stereocenters. The first kappa shape index (κ1) is 19.2. The lowest BCUT2D eigenvalue weighted by Gasteiger charge is -2.22. The Balaban J connectivity index is 1.66. The van der Waals surface area contributed by atoms with E-state index in [-0.39, 0.29) is 17.6 Å². The van der Waals surface area contributed by atoms with E-state index in [1.165, 1.54) is 6.20 Å². The van der Waals surface area contributed by atoms with E-state index in [1.54, 1.807) is 6.92 Å². The summed E-state index contributed by atoms with van der Waals surface area (Å²) in [6, 6.07) is 7.18. The molecule has 28 heavy (non-hydrogen) atoms. The van der Waals surface area contributed by atoms with Gasteiger partial charge in [-0.15, -0.1) is 0 Å². The molecule has 1 aromatic heterocycles. The van der Waals surface area contributed by atoms with Gasteiger partial charge in [-0.25, -0.2) is 9.97 Å². The number of nitrogens with zero attached hydrogens (tertiary/aromatic N) is 3. The van der Waals surface area contributed by atoms with Crippen LogP contribution in [0.15, 0.2) is 30.5 Å². The molecular formula is C21H25ClN4O2. The van der Waals surface area contributed by atoms with E-state index in [0.29, 0.717) is 16.6 Å². The molecule has 148 valence electrons. The Hall–Kier alpha value is -2.18.